The number of halogens is 2. The third-order valence-corrected chi connectivity index (χ3v) is 2.41. The zero-order valence-corrected chi connectivity index (χ0v) is 9.21. The summed E-state index contributed by atoms with van der Waals surface area (Å²) in [4.78, 5) is 10.8. The van der Waals surface area contributed by atoms with Gasteiger partial charge in [-0.1, -0.05) is 32.7 Å². The van der Waals surface area contributed by atoms with Crippen LogP contribution < -0.4 is 5.73 Å². The molecular weight excluding hydrogens is 271 g/mol. The lowest BCUT2D eigenvalue weighted by atomic mass is 10.1. The monoisotopic (exact) mass is 276 g/mol. The number of amides is 1. The molecule has 1 rings (SSSR count). The Morgan fingerprint density at radius 3 is 2.64 bits per heavy atom. The molecule has 0 fully saturated rings. The van der Waals surface area contributed by atoms with Crippen LogP contribution in [0.1, 0.15) is 5.56 Å². The summed E-state index contributed by atoms with van der Waals surface area (Å²) in [6.45, 7) is 0. The molecule has 0 unspecified atom stereocenters. The number of oxime groups is 1. The van der Waals surface area contributed by atoms with Crippen molar-refractivity contribution in [1.29, 1.82) is 0 Å². The van der Waals surface area contributed by atoms with Crippen molar-refractivity contribution in [2.45, 2.75) is 0 Å². The molecule has 0 saturated heterocycles. The van der Waals surface area contributed by atoms with E-state index in [-0.39, 0.29) is 5.71 Å². The van der Waals surface area contributed by atoms with E-state index in [0.717, 1.165) is 0 Å². The van der Waals surface area contributed by atoms with Gasteiger partial charge in [-0.05, 0) is 18.2 Å². The summed E-state index contributed by atoms with van der Waals surface area (Å²) < 4.78 is 0.539. The van der Waals surface area contributed by atoms with Gasteiger partial charge in [0, 0.05) is 15.1 Å². The van der Waals surface area contributed by atoms with Gasteiger partial charge in [0.1, 0.15) is 0 Å². The lowest BCUT2D eigenvalue weighted by Crippen LogP contribution is -2.24. The molecule has 0 aromatic heterocycles. The average molecular weight is 278 g/mol. The van der Waals surface area contributed by atoms with Gasteiger partial charge in [-0.2, -0.15) is 0 Å². The number of benzene rings is 1. The van der Waals surface area contributed by atoms with Crippen LogP contribution in [0.5, 0.6) is 0 Å². The van der Waals surface area contributed by atoms with Crippen LogP contribution >= 0.6 is 27.5 Å². The van der Waals surface area contributed by atoms with Gasteiger partial charge in [0.25, 0.3) is 5.91 Å². The molecule has 0 saturated carbocycles. The van der Waals surface area contributed by atoms with Gasteiger partial charge in [-0.3, -0.25) is 4.79 Å². The largest absolute Gasteiger partial charge is 0.410 e. The van der Waals surface area contributed by atoms with E-state index in [1.807, 2.05) is 0 Å². The van der Waals surface area contributed by atoms with Crippen LogP contribution in [-0.2, 0) is 4.79 Å². The molecule has 4 nitrogen and oxygen atoms in total. The smallest absolute Gasteiger partial charge is 0.271 e. The van der Waals surface area contributed by atoms with E-state index in [1.54, 1.807) is 12.1 Å². The zero-order chi connectivity index (χ0) is 10.7. The Morgan fingerprint density at radius 2 is 2.21 bits per heavy atom. The van der Waals surface area contributed by atoms with Crippen LogP contribution in [0.4, 0.5) is 0 Å². The molecule has 14 heavy (non-hydrogen) atoms. The Morgan fingerprint density at radius 1 is 1.57 bits per heavy atom. The number of hydrogen-bond acceptors (Lipinski definition) is 3. The maximum absolute atomic E-state index is 10.8. The molecule has 1 amide bonds. The SMILES string of the molecule is NC(=O)/C(=N\O)c1ccc(Cl)cc1Br. The number of carbonyl (C=O) groups excluding carboxylic acids is 1. The number of hydrogen-bond donors (Lipinski definition) is 2. The number of carbonyl (C=O) groups is 1. The minimum Gasteiger partial charge on any atom is -0.410 e. The summed E-state index contributed by atoms with van der Waals surface area (Å²) in [6, 6.07) is 4.67. The van der Waals surface area contributed by atoms with Crippen LogP contribution in [0.2, 0.25) is 5.02 Å². The molecule has 0 atom stereocenters. The molecule has 1 aromatic rings. The van der Waals surface area contributed by atoms with Gasteiger partial charge >= 0.3 is 0 Å². The summed E-state index contributed by atoms with van der Waals surface area (Å²) in [5.74, 6) is -0.810. The molecular formula is C8H6BrClN2O2. The maximum atomic E-state index is 10.8. The molecule has 0 aliphatic carbocycles. The van der Waals surface area contributed by atoms with E-state index in [0.29, 0.717) is 15.1 Å². The first-order valence-corrected chi connectivity index (χ1v) is 4.70. The van der Waals surface area contributed by atoms with Gasteiger partial charge in [0.2, 0.25) is 0 Å². The van der Waals surface area contributed by atoms with Crippen molar-refractivity contribution in [3.63, 3.8) is 0 Å². The quantitative estimate of drug-likeness (QED) is 0.491. The van der Waals surface area contributed by atoms with E-state index in [1.165, 1.54) is 6.07 Å². The van der Waals surface area contributed by atoms with E-state index >= 15 is 0 Å². The fraction of sp³-hybridized carbons (Fsp3) is 0. The third-order valence-electron chi connectivity index (χ3n) is 1.52. The number of nitrogens with two attached hydrogens (primary N) is 1. The third kappa shape index (κ3) is 2.24. The molecule has 0 aliphatic heterocycles. The summed E-state index contributed by atoms with van der Waals surface area (Å²) in [5.41, 5.74) is 5.18. The summed E-state index contributed by atoms with van der Waals surface area (Å²) in [7, 11) is 0. The number of nitrogens with zero attached hydrogens (tertiary/aromatic N) is 1. The molecule has 0 aliphatic rings. The van der Waals surface area contributed by atoms with E-state index in [4.69, 9.17) is 22.5 Å². The lowest BCUT2D eigenvalue weighted by molar-refractivity contribution is -0.112. The molecule has 0 spiro atoms. The zero-order valence-electron chi connectivity index (χ0n) is 6.87. The van der Waals surface area contributed by atoms with Crippen molar-refractivity contribution in [3.05, 3.63) is 33.3 Å². The van der Waals surface area contributed by atoms with Gasteiger partial charge in [0.05, 0.1) is 0 Å². The second kappa shape index (κ2) is 4.43. The van der Waals surface area contributed by atoms with Crippen molar-refractivity contribution in [3.8, 4) is 0 Å². The summed E-state index contributed by atoms with van der Waals surface area (Å²) >= 11 is 8.87. The minimum atomic E-state index is -0.810. The summed E-state index contributed by atoms with van der Waals surface area (Å²) in [6.07, 6.45) is 0. The van der Waals surface area contributed by atoms with E-state index < -0.39 is 5.91 Å². The number of primary amides is 1. The maximum Gasteiger partial charge on any atom is 0.271 e. The van der Waals surface area contributed by atoms with Crippen molar-refractivity contribution in [2.24, 2.45) is 10.9 Å². The van der Waals surface area contributed by atoms with E-state index in [9.17, 15) is 4.79 Å². The van der Waals surface area contributed by atoms with Crippen LogP contribution in [0.25, 0.3) is 0 Å². The molecule has 0 heterocycles. The van der Waals surface area contributed by atoms with E-state index in [2.05, 4.69) is 21.1 Å². The lowest BCUT2D eigenvalue weighted by Gasteiger charge is -2.03. The fourth-order valence-corrected chi connectivity index (χ4v) is 1.79. The van der Waals surface area contributed by atoms with Crippen LogP contribution in [0.3, 0.4) is 0 Å². The first kappa shape index (κ1) is 11.0. The highest BCUT2D eigenvalue weighted by molar-refractivity contribution is 9.10. The van der Waals surface area contributed by atoms with Crippen LogP contribution in [-0.4, -0.2) is 16.8 Å². The van der Waals surface area contributed by atoms with Gasteiger partial charge in [-0.15, -0.1) is 0 Å². The predicted molar refractivity (Wildman–Crippen MR) is 56.7 cm³/mol. The highest BCUT2D eigenvalue weighted by atomic mass is 79.9. The molecule has 6 heteroatoms. The Hall–Kier alpha value is -1.07. The Balaban J connectivity index is 3.25. The van der Waals surface area contributed by atoms with Gasteiger partial charge < -0.3 is 10.9 Å². The Kier molecular flexibility index (Phi) is 3.49. The van der Waals surface area contributed by atoms with Crippen molar-refractivity contribution in [1.82, 2.24) is 0 Å². The molecule has 1 aromatic carbocycles. The van der Waals surface area contributed by atoms with Gasteiger partial charge in [0.15, 0.2) is 5.71 Å². The normalized spacial score (nSPS) is 11.4. The Labute approximate surface area is 93.5 Å². The molecule has 0 radical (unpaired) electrons. The number of rotatable bonds is 2. The molecule has 3 N–H and O–H groups in total. The molecule has 0 bridgehead atoms. The van der Waals surface area contributed by atoms with Crippen molar-refractivity contribution < 1.29 is 10.0 Å². The van der Waals surface area contributed by atoms with Crippen molar-refractivity contribution in [2.75, 3.05) is 0 Å². The van der Waals surface area contributed by atoms with Gasteiger partial charge in [-0.25, -0.2) is 0 Å². The Bertz CT molecular complexity index is 406. The standard InChI is InChI=1S/C8H6BrClN2O2/c9-6-3-4(10)1-2-5(6)7(12-14)8(11)13/h1-3,14H,(H2,11,13)/b12-7-. The summed E-state index contributed by atoms with van der Waals surface area (Å²) in [5, 5.41) is 11.9. The van der Waals surface area contributed by atoms with Crippen molar-refractivity contribution >= 4 is 39.1 Å². The average Bonchev–Trinajstić information content (AvgIpc) is 2.09. The second-order valence-corrected chi connectivity index (χ2v) is 3.73. The second-order valence-electron chi connectivity index (χ2n) is 2.44. The minimum absolute atomic E-state index is 0.214. The topological polar surface area (TPSA) is 75.7 Å². The predicted octanol–water partition coefficient (Wildman–Crippen LogP) is 1.77. The first-order chi connectivity index (χ1) is 6.56. The fourth-order valence-electron chi connectivity index (χ4n) is 0.917. The molecule has 74 valence electrons. The highest BCUT2D eigenvalue weighted by Gasteiger charge is 2.14. The van der Waals surface area contributed by atoms with Crippen LogP contribution in [0.15, 0.2) is 27.8 Å². The first-order valence-electron chi connectivity index (χ1n) is 3.53. The highest BCUT2D eigenvalue weighted by Crippen LogP contribution is 2.22. The van der Waals surface area contributed by atoms with Crippen LogP contribution in [0, 0.1) is 0 Å².